The maximum atomic E-state index is 12.3. The van der Waals surface area contributed by atoms with Gasteiger partial charge in [0, 0.05) is 17.5 Å². The van der Waals surface area contributed by atoms with Gasteiger partial charge in [0.05, 0.1) is 12.2 Å². The minimum atomic E-state index is -0.418. The molecule has 1 fully saturated rings. The third-order valence-corrected chi connectivity index (χ3v) is 5.05. The van der Waals surface area contributed by atoms with Gasteiger partial charge >= 0.3 is 0 Å². The molecule has 0 amide bonds. The van der Waals surface area contributed by atoms with Crippen LogP contribution < -0.4 is 0 Å². The van der Waals surface area contributed by atoms with Gasteiger partial charge in [0.2, 0.25) is 0 Å². The summed E-state index contributed by atoms with van der Waals surface area (Å²) >= 11 is 0. The molecular weight excluding hydrogens is 360 g/mol. The van der Waals surface area contributed by atoms with E-state index in [1.807, 2.05) is 84.9 Å². The van der Waals surface area contributed by atoms with Crippen LogP contribution in [-0.2, 0) is 9.47 Å². The molecule has 3 nitrogen and oxygen atoms in total. The molecule has 0 radical (unpaired) electrons. The molecule has 3 aromatic rings. The normalized spacial score (nSPS) is 21.9. The Kier molecular flexibility index (Phi) is 6.30. The van der Waals surface area contributed by atoms with Gasteiger partial charge in [-0.3, -0.25) is 4.79 Å². The van der Waals surface area contributed by atoms with Gasteiger partial charge in [-0.2, -0.15) is 0 Å². The number of hydrogen-bond donors (Lipinski definition) is 0. The summed E-state index contributed by atoms with van der Waals surface area (Å²) in [6, 6.07) is 29.5. The van der Waals surface area contributed by atoms with Crippen LogP contribution in [0.2, 0.25) is 0 Å². The first-order valence-corrected chi connectivity index (χ1v) is 9.96. The van der Waals surface area contributed by atoms with Crippen LogP contribution in [0.15, 0.2) is 103 Å². The van der Waals surface area contributed by atoms with Gasteiger partial charge in [-0.15, -0.1) is 0 Å². The Hall–Kier alpha value is -3.01. The van der Waals surface area contributed by atoms with Crippen molar-refractivity contribution in [2.45, 2.75) is 31.3 Å². The molecule has 1 saturated heterocycles. The Morgan fingerprint density at radius 2 is 1.38 bits per heavy atom. The number of carbonyl (C=O) groups is 1. The largest absolute Gasteiger partial charge is 0.345 e. The summed E-state index contributed by atoms with van der Waals surface area (Å²) in [4.78, 5) is 12.3. The maximum absolute atomic E-state index is 12.3. The first kappa shape index (κ1) is 19.3. The van der Waals surface area contributed by atoms with Crippen LogP contribution in [0.25, 0.3) is 0 Å². The Morgan fingerprint density at radius 3 is 2.03 bits per heavy atom. The topological polar surface area (TPSA) is 35.5 Å². The van der Waals surface area contributed by atoms with Gasteiger partial charge in [-0.05, 0) is 18.1 Å². The van der Waals surface area contributed by atoms with E-state index in [0.29, 0.717) is 12.0 Å². The monoisotopic (exact) mass is 384 g/mol. The quantitative estimate of drug-likeness (QED) is 0.383. The highest BCUT2D eigenvalue weighted by molar-refractivity contribution is 6.04. The van der Waals surface area contributed by atoms with E-state index < -0.39 is 6.29 Å². The van der Waals surface area contributed by atoms with Gasteiger partial charge in [-0.25, -0.2) is 0 Å². The highest BCUT2D eigenvalue weighted by atomic mass is 16.7. The van der Waals surface area contributed by atoms with E-state index in [2.05, 4.69) is 12.1 Å². The average molecular weight is 384 g/mol. The zero-order valence-corrected chi connectivity index (χ0v) is 16.2. The summed E-state index contributed by atoms with van der Waals surface area (Å²) in [7, 11) is 0. The lowest BCUT2D eigenvalue weighted by molar-refractivity contribution is -0.249. The fourth-order valence-electron chi connectivity index (χ4n) is 3.53. The van der Waals surface area contributed by atoms with Crippen molar-refractivity contribution in [1.82, 2.24) is 0 Å². The van der Waals surface area contributed by atoms with Crippen LogP contribution in [0, 0.1) is 0 Å². The molecule has 4 rings (SSSR count). The maximum Gasteiger partial charge on any atom is 0.185 e. The SMILES string of the molecule is O=C(/C=C/C[C@H]1C[C@@H](c2ccccc2)OC(c2ccccc2)O1)c1ccccc1. The van der Waals surface area contributed by atoms with Crippen LogP contribution in [0.4, 0.5) is 0 Å². The van der Waals surface area contributed by atoms with Crippen molar-refractivity contribution >= 4 is 5.78 Å². The number of ketones is 1. The van der Waals surface area contributed by atoms with E-state index in [0.717, 1.165) is 17.5 Å². The molecular formula is C26H24O3. The second-order valence-corrected chi connectivity index (χ2v) is 7.14. The van der Waals surface area contributed by atoms with Crippen molar-refractivity contribution in [3.8, 4) is 0 Å². The van der Waals surface area contributed by atoms with Gasteiger partial charge in [-0.1, -0.05) is 97.1 Å². The minimum absolute atomic E-state index is 0.0110. The van der Waals surface area contributed by atoms with E-state index in [1.165, 1.54) is 0 Å². The van der Waals surface area contributed by atoms with Crippen molar-refractivity contribution in [2.75, 3.05) is 0 Å². The molecule has 1 heterocycles. The van der Waals surface area contributed by atoms with E-state index >= 15 is 0 Å². The highest BCUT2D eigenvalue weighted by Gasteiger charge is 2.31. The first-order chi connectivity index (χ1) is 14.3. The van der Waals surface area contributed by atoms with Crippen molar-refractivity contribution in [1.29, 1.82) is 0 Å². The van der Waals surface area contributed by atoms with Crippen LogP contribution in [0.1, 0.15) is 46.7 Å². The lowest BCUT2D eigenvalue weighted by atomic mass is 9.99. The molecule has 3 atom stereocenters. The Bertz CT molecular complexity index is 888. The molecule has 0 bridgehead atoms. The second kappa shape index (κ2) is 9.46. The number of benzene rings is 3. The summed E-state index contributed by atoms with van der Waals surface area (Å²) in [6.45, 7) is 0. The second-order valence-electron chi connectivity index (χ2n) is 7.14. The average Bonchev–Trinajstić information content (AvgIpc) is 2.80. The van der Waals surface area contributed by atoms with Crippen LogP contribution in [0.5, 0.6) is 0 Å². The number of ether oxygens (including phenoxy) is 2. The van der Waals surface area contributed by atoms with Crippen LogP contribution >= 0.6 is 0 Å². The molecule has 1 aliphatic rings. The number of allylic oxidation sites excluding steroid dienone is 1. The van der Waals surface area contributed by atoms with Gasteiger partial charge in [0.1, 0.15) is 0 Å². The smallest absolute Gasteiger partial charge is 0.185 e. The fourth-order valence-corrected chi connectivity index (χ4v) is 3.53. The molecule has 1 unspecified atom stereocenters. The van der Waals surface area contributed by atoms with Crippen molar-refractivity contribution < 1.29 is 14.3 Å². The van der Waals surface area contributed by atoms with Crippen molar-refractivity contribution in [3.63, 3.8) is 0 Å². The zero-order chi connectivity index (χ0) is 19.9. The number of hydrogen-bond acceptors (Lipinski definition) is 3. The van der Waals surface area contributed by atoms with Crippen LogP contribution in [0.3, 0.4) is 0 Å². The van der Waals surface area contributed by atoms with E-state index in [4.69, 9.17) is 9.47 Å². The summed E-state index contributed by atoms with van der Waals surface area (Å²) in [5, 5.41) is 0. The minimum Gasteiger partial charge on any atom is -0.345 e. The van der Waals surface area contributed by atoms with E-state index in [1.54, 1.807) is 6.08 Å². The van der Waals surface area contributed by atoms with Gasteiger partial charge in [0.25, 0.3) is 0 Å². The Morgan fingerprint density at radius 1 is 0.793 bits per heavy atom. The zero-order valence-electron chi connectivity index (χ0n) is 16.2. The van der Waals surface area contributed by atoms with Crippen molar-refractivity contribution in [2.24, 2.45) is 0 Å². The third kappa shape index (κ3) is 5.08. The predicted molar refractivity (Wildman–Crippen MR) is 113 cm³/mol. The summed E-state index contributed by atoms with van der Waals surface area (Å²) in [5.41, 5.74) is 2.84. The summed E-state index contributed by atoms with van der Waals surface area (Å²) in [6.07, 6.45) is 4.47. The first-order valence-electron chi connectivity index (χ1n) is 9.96. The molecule has 0 aliphatic carbocycles. The molecule has 1 aliphatic heterocycles. The molecule has 146 valence electrons. The standard InChI is InChI=1S/C26H24O3/c27-24(20-11-4-1-5-12-20)18-10-17-23-19-25(21-13-6-2-7-14-21)29-26(28-23)22-15-8-3-9-16-22/h1-16,18,23,25-26H,17,19H2/b18-10+/t23-,25-,26?/m0/s1. The predicted octanol–water partition coefficient (Wildman–Crippen LogP) is 6.06. The highest BCUT2D eigenvalue weighted by Crippen LogP contribution is 2.38. The Labute approximate surface area is 171 Å². The molecule has 0 N–H and O–H groups in total. The number of rotatable bonds is 6. The van der Waals surface area contributed by atoms with Gasteiger partial charge in [0.15, 0.2) is 12.1 Å². The van der Waals surface area contributed by atoms with E-state index in [9.17, 15) is 4.79 Å². The Balaban J connectivity index is 1.47. The third-order valence-electron chi connectivity index (χ3n) is 5.05. The molecule has 0 spiro atoms. The summed E-state index contributed by atoms with van der Waals surface area (Å²) < 4.78 is 12.5. The summed E-state index contributed by atoms with van der Waals surface area (Å²) in [5.74, 6) is 0.0110. The van der Waals surface area contributed by atoms with Gasteiger partial charge < -0.3 is 9.47 Å². The van der Waals surface area contributed by atoms with Crippen molar-refractivity contribution in [3.05, 3.63) is 120 Å². The lowest BCUT2D eigenvalue weighted by Crippen LogP contribution is -2.29. The molecule has 29 heavy (non-hydrogen) atoms. The molecule has 0 saturated carbocycles. The lowest BCUT2D eigenvalue weighted by Gasteiger charge is -2.36. The number of carbonyl (C=O) groups excluding carboxylic acids is 1. The van der Waals surface area contributed by atoms with Crippen LogP contribution in [-0.4, -0.2) is 11.9 Å². The molecule has 3 heteroatoms. The molecule has 3 aromatic carbocycles. The molecule has 0 aromatic heterocycles. The fraction of sp³-hybridized carbons (Fsp3) is 0.192. The van der Waals surface area contributed by atoms with E-state index in [-0.39, 0.29) is 18.0 Å².